The summed E-state index contributed by atoms with van der Waals surface area (Å²) < 4.78 is 5.09. The van der Waals surface area contributed by atoms with Crippen molar-refractivity contribution in [3.63, 3.8) is 0 Å². The van der Waals surface area contributed by atoms with Crippen LogP contribution in [-0.2, 0) is 16.1 Å². The number of ether oxygens (including phenoxy) is 1. The van der Waals surface area contributed by atoms with Gasteiger partial charge in [-0.25, -0.2) is 4.90 Å². The van der Waals surface area contributed by atoms with Crippen molar-refractivity contribution in [3.8, 4) is 5.75 Å². The molecule has 3 rings (SSSR count). The van der Waals surface area contributed by atoms with E-state index in [1.54, 1.807) is 24.3 Å². The Hall–Kier alpha value is -2.84. The average molecular weight is 414 g/mol. The number of benzene rings is 2. The molecular weight excluding hydrogens is 392 g/mol. The number of rotatable bonds is 8. The zero-order valence-electron chi connectivity index (χ0n) is 16.0. The van der Waals surface area contributed by atoms with Crippen molar-refractivity contribution in [3.05, 3.63) is 60.2 Å². The third-order valence-electron chi connectivity index (χ3n) is 4.55. The fourth-order valence-electron chi connectivity index (χ4n) is 3.06. The molecule has 0 aromatic heterocycles. The number of aliphatic hydroxyl groups excluding tert-OH is 1. The molecule has 2 aromatic rings. The van der Waals surface area contributed by atoms with Crippen LogP contribution in [0.5, 0.6) is 5.75 Å². The maximum absolute atomic E-state index is 12.8. The molecule has 1 unspecified atom stereocenters. The third-order valence-corrected chi connectivity index (χ3v) is 5.59. The highest BCUT2D eigenvalue weighted by Crippen LogP contribution is 2.34. The Morgan fingerprint density at radius 1 is 1.14 bits per heavy atom. The summed E-state index contributed by atoms with van der Waals surface area (Å²) in [5.74, 6) is -0.0758. The lowest BCUT2D eigenvalue weighted by Crippen LogP contribution is -2.37. The topological polar surface area (TPSA) is 87.2 Å². The normalized spacial score (nSPS) is 16.2. The Morgan fingerprint density at radius 3 is 2.45 bits per heavy atom. The summed E-state index contributed by atoms with van der Waals surface area (Å²) in [6.07, 6.45) is -0.102. The lowest BCUT2D eigenvalue weighted by atomic mass is 10.2. The first kappa shape index (κ1) is 20.9. The fraction of sp³-hybridized carbons (Fsp3) is 0.286. The van der Waals surface area contributed by atoms with Crippen LogP contribution in [0.2, 0.25) is 0 Å². The minimum atomic E-state index is -0.783. The van der Waals surface area contributed by atoms with Gasteiger partial charge in [-0.05, 0) is 41.6 Å². The molecule has 29 heavy (non-hydrogen) atoms. The molecule has 3 amide bonds. The van der Waals surface area contributed by atoms with E-state index < -0.39 is 16.4 Å². The predicted octanol–water partition coefficient (Wildman–Crippen LogP) is 2.67. The van der Waals surface area contributed by atoms with E-state index in [1.165, 1.54) is 12.0 Å². The van der Waals surface area contributed by atoms with E-state index in [0.29, 0.717) is 18.0 Å². The number of aliphatic hydroxyl groups is 1. The third kappa shape index (κ3) is 4.96. The largest absolute Gasteiger partial charge is 0.497 e. The molecule has 152 valence electrons. The highest BCUT2D eigenvalue weighted by atomic mass is 32.2. The molecule has 0 bridgehead atoms. The van der Waals surface area contributed by atoms with Gasteiger partial charge in [0, 0.05) is 19.5 Å². The molecule has 0 aliphatic carbocycles. The molecule has 1 atom stereocenters. The summed E-state index contributed by atoms with van der Waals surface area (Å²) >= 11 is 0.853. The van der Waals surface area contributed by atoms with E-state index in [1.807, 2.05) is 30.3 Å². The highest BCUT2D eigenvalue weighted by Gasteiger charge is 2.42. The van der Waals surface area contributed by atoms with Crippen LogP contribution >= 0.6 is 11.8 Å². The van der Waals surface area contributed by atoms with Crippen LogP contribution in [0.1, 0.15) is 12.0 Å². The summed E-state index contributed by atoms with van der Waals surface area (Å²) in [7, 11) is 1.53. The lowest BCUT2D eigenvalue weighted by molar-refractivity contribution is -0.133. The molecule has 1 heterocycles. The molecular formula is C21H22N2O5S. The summed E-state index contributed by atoms with van der Waals surface area (Å²) in [4.78, 5) is 40.5. The van der Waals surface area contributed by atoms with Crippen molar-refractivity contribution in [1.29, 1.82) is 0 Å². The second-order valence-electron chi connectivity index (χ2n) is 6.47. The van der Waals surface area contributed by atoms with Gasteiger partial charge in [0.2, 0.25) is 11.8 Å². The molecule has 0 saturated carbocycles. The number of nitrogens with zero attached hydrogens (tertiary/aromatic N) is 2. The second kappa shape index (κ2) is 9.58. The number of methoxy groups -OCH3 is 1. The maximum Gasteiger partial charge on any atom is 0.293 e. The molecule has 7 nitrogen and oxygen atoms in total. The molecule has 1 aliphatic rings. The minimum absolute atomic E-state index is 0.102. The van der Waals surface area contributed by atoms with Gasteiger partial charge in [0.25, 0.3) is 5.24 Å². The molecule has 2 aromatic carbocycles. The summed E-state index contributed by atoms with van der Waals surface area (Å²) in [6.45, 7) is 0.318. The number of anilines is 1. The van der Waals surface area contributed by atoms with Crippen LogP contribution < -0.4 is 9.64 Å². The van der Waals surface area contributed by atoms with E-state index in [0.717, 1.165) is 22.2 Å². The standard InChI is InChI=1S/C21H22N2O5S/c1-28-17-9-7-16(8-10-17)23-20(26)18(29-21(23)27)13-19(25)22(11-12-24)14-15-5-3-2-4-6-15/h2-10,18,24H,11-14H2,1H3. The van der Waals surface area contributed by atoms with Crippen LogP contribution in [-0.4, -0.2) is 52.6 Å². The number of amides is 3. The molecule has 1 fully saturated rings. The number of carbonyl (C=O) groups excluding carboxylic acids is 3. The number of imide groups is 1. The van der Waals surface area contributed by atoms with Crippen molar-refractivity contribution in [1.82, 2.24) is 4.90 Å². The second-order valence-corrected chi connectivity index (χ2v) is 7.63. The van der Waals surface area contributed by atoms with Crippen molar-refractivity contribution in [2.75, 3.05) is 25.2 Å². The van der Waals surface area contributed by atoms with E-state index in [2.05, 4.69) is 0 Å². The first-order valence-corrected chi connectivity index (χ1v) is 10.0. The number of thioether (sulfide) groups is 1. The van der Waals surface area contributed by atoms with Crippen LogP contribution in [0.15, 0.2) is 54.6 Å². The summed E-state index contributed by atoms with van der Waals surface area (Å²) in [5.41, 5.74) is 1.37. The quantitative estimate of drug-likeness (QED) is 0.715. The van der Waals surface area contributed by atoms with Gasteiger partial charge in [-0.3, -0.25) is 14.4 Å². The van der Waals surface area contributed by atoms with Crippen molar-refractivity contribution in [2.24, 2.45) is 0 Å². The molecule has 0 spiro atoms. The SMILES string of the molecule is COc1ccc(N2C(=O)SC(CC(=O)N(CCO)Cc3ccccc3)C2=O)cc1. The van der Waals surface area contributed by atoms with Gasteiger partial charge in [-0.15, -0.1) is 0 Å². The van der Waals surface area contributed by atoms with Gasteiger partial charge >= 0.3 is 0 Å². The molecule has 8 heteroatoms. The van der Waals surface area contributed by atoms with Gasteiger partial charge < -0.3 is 14.7 Å². The number of hydrogen-bond donors (Lipinski definition) is 1. The van der Waals surface area contributed by atoms with Gasteiger partial charge in [0.1, 0.15) is 11.0 Å². The Kier molecular flexibility index (Phi) is 6.90. The van der Waals surface area contributed by atoms with Crippen LogP contribution in [0, 0.1) is 0 Å². The summed E-state index contributed by atoms with van der Waals surface area (Å²) in [5, 5.41) is 8.12. The first-order chi connectivity index (χ1) is 14.0. The monoisotopic (exact) mass is 414 g/mol. The maximum atomic E-state index is 12.8. The predicted molar refractivity (Wildman–Crippen MR) is 111 cm³/mol. The highest BCUT2D eigenvalue weighted by molar-refractivity contribution is 8.15. The van der Waals surface area contributed by atoms with E-state index >= 15 is 0 Å². The van der Waals surface area contributed by atoms with Gasteiger partial charge in [-0.2, -0.15) is 0 Å². The molecule has 0 radical (unpaired) electrons. The minimum Gasteiger partial charge on any atom is -0.497 e. The van der Waals surface area contributed by atoms with Crippen LogP contribution in [0.4, 0.5) is 10.5 Å². The Bertz CT molecular complexity index is 872. The zero-order valence-corrected chi connectivity index (χ0v) is 16.8. The lowest BCUT2D eigenvalue weighted by Gasteiger charge is -2.23. The first-order valence-electron chi connectivity index (χ1n) is 9.14. The van der Waals surface area contributed by atoms with Crippen molar-refractivity contribution in [2.45, 2.75) is 18.2 Å². The average Bonchev–Trinajstić information content (AvgIpc) is 3.01. The van der Waals surface area contributed by atoms with Gasteiger partial charge in [0.05, 0.1) is 19.4 Å². The fourth-order valence-corrected chi connectivity index (χ4v) is 4.03. The Balaban J connectivity index is 1.68. The Morgan fingerprint density at radius 2 is 1.83 bits per heavy atom. The zero-order chi connectivity index (χ0) is 20.8. The van der Waals surface area contributed by atoms with Crippen molar-refractivity contribution < 1.29 is 24.2 Å². The Labute approximate surface area is 173 Å². The molecule has 1 N–H and O–H groups in total. The molecule has 1 saturated heterocycles. The number of hydrogen-bond acceptors (Lipinski definition) is 6. The van der Waals surface area contributed by atoms with Gasteiger partial charge in [0.15, 0.2) is 0 Å². The van der Waals surface area contributed by atoms with E-state index in [-0.39, 0.29) is 25.5 Å². The van der Waals surface area contributed by atoms with Gasteiger partial charge in [-0.1, -0.05) is 30.3 Å². The van der Waals surface area contributed by atoms with Crippen LogP contribution in [0.3, 0.4) is 0 Å². The van der Waals surface area contributed by atoms with E-state index in [9.17, 15) is 19.5 Å². The number of carbonyl (C=O) groups is 3. The van der Waals surface area contributed by atoms with Crippen molar-refractivity contribution >= 4 is 34.5 Å². The van der Waals surface area contributed by atoms with E-state index in [4.69, 9.17) is 4.74 Å². The van der Waals surface area contributed by atoms with Crippen LogP contribution in [0.25, 0.3) is 0 Å². The smallest absolute Gasteiger partial charge is 0.293 e. The summed E-state index contributed by atoms with van der Waals surface area (Å²) in [6, 6.07) is 16.0. The molecule has 1 aliphatic heterocycles.